The van der Waals surface area contributed by atoms with Gasteiger partial charge in [0.15, 0.2) is 6.10 Å². The molecule has 1 aromatic carbocycles. The summed E-state index contributed by atoms with van der Waals surface area (Å²) in [6.45, 7) is 5.42. The van der Waals surface area contributed by atoms with Gasteiger partial charge >= 0.3 is 0 Å². The summed E-state index contributed by atoms with van der Waals surface area (Å²) < 4.78 is 5.59. The van der Waals surface area contributed by atoms with Gasteiger partial charge in [-0.05, 0) is 50.4 Å². The molecule has 0 aromatic heterocycles. The Morgan fingerprint density at radius 2 is 2.19 bits per heavy atom. The van der Waals surface area contributed by atoms with Crippen molar-refractivity contribution in [1.82, 2.24) is 4.90 Å². The molecule has 3 aliphatic rings. The number of piperidine rings is 1. The van der Waals surface area contributed by atoms with Crippen molar-refractivity contribution in [3.63, 3.8) is 0 Å². The normalized spacial score (nSPS) is 33.9. The van der Waals surface area contributed by atoms with Crippen molar-refractivity contribution >= 4 is 17.3 Å². The predicted molar refractivity (Wildman–Crippen MR) is 81.7 cm³/mol. The van der Waals surface area contributed by atoms with Gasteiger partial charge < -0.3 is 20.3 Å². The molecule has 112 valence electrons. The number of hydrogen-bond acceptors (Lipinski definition) is 4. The number of carbonyl (C=O) groups is 1. The van der Waals surface area contributed by atoms with E-state index in [1.165, 1.54) is 32.5 Å². The van der Waals surface area contributed by atoms with Crippen LogP contribution in [0, 0.1) is 5.92 Å². The number of nitrogens with zero attached hydrogens (tertiary/aromatic N) is 1. The van der Waals surface area contributed by atoms with E-state index in [4.69, 9.17) is 4.74 Å². The number of ether oxygens (including phenoxy) is 1. The van der Waals surface area contributed by atoms with Crippen molar-refractivity contribution in [2.24, 2.45) is 5.92 Å². The smallest absolute Gasteiger partial charge is 0.265 e. The van der Waals surface area contributed by atoms with Gasteiger partial charge in [0.25, 0.3) is 5.91 Å². The molecule has 1 amide bonds. The maximum absolute atomic E-state index is 11.7. The minimum Gasteiger partial charge on any atom is -0.479 e. The van der Waals surface area contributed by atoms with Gasteiger partial charge in [-0.3, -0.25) is 4.79 Å². The van der Waals surface area contributed by atoms with E-state index in [9.17, 15) is 4.79 Å². The zero-order valence-corrected chi connectivity index (χ0v) is 12.3. The summed E-state index contributed by atoms with van der Waals surface area (Å²) in [5, 5.41) is 6.56. The van der Waals surface area contributed by atoms with Crippen LogP contribution in [0.4, 0.5) is 11.4 Å². The van der Waals surface area contributed by atoms with Crippen molar-refractivity contribution in [2.75, 3.05) is 30.3 Å². The Bertz CT molecular complexity index is 575. The summed E-state index contributed by atoms with van der Waals surface area (Å²) >= 11 is 0. The van der Waals surface area contributed by atoms with Gasteiger partial charge in [0.1, 0.15) is 5.75 Å². The summed E-state index contributed by atoms with van der Waals surface area (Å²) in [7, 11) is 0. The van der Waals surface area contributed by atoms with E-state index in [0.29, 0.717) is 6.04 Å². The molecular formula is C16H21N3O2. The van der Waals surface area contributed by atoms with E-state index in [1.54, 1.807) is 6.92 Å². The zero-order chi connectivity index (χ0) is 14.4. The fraction of sp³-hybridized carbons (Fsp3) is 0.562. The molecule has 0 radical (unpaired) electrons. The summed E-state index contributed by atoms with van der Waals surface area (Å²) in [5.41, 5.74) is 1.84. The molecule has 2 fully saturated rings. The molecule has 0 saturated carbocycles. The van der Waals surface area contributed by atoms with E-state index < -0.39 is 6.10 Å². The summed E-state index contributed by atoms with van der Waals surface area (Å²) in [5.74, 6) is 1.42. The second-order valence-corrected chi connectivity index (χ2v) is 6.35. The van der Waals surface area contributed by atoms with E-state index in [1.807, 2.05) is 18.2 Å². The fourth-order valence-electron chi connectivity index (χ4n) is 3.65. The van der Waals surface area contributed by atoms with Crippen molar-refractivity contribution in [1.29, 1.82) is 0 Å². The van der Waals surface area contributed by atoms with Crippen LogP contribution >= 0.6 is 0 Å². The molecular weight excluding hydrogens is 266 g/mol. The predicted octanol–water partition coefficient (Wildman–Crippen LogP) is 1.91. The van der Waals surface area contributed by atoms with Gasteiger partial charge in [-0.25, -0.2) is 0 Å². The van der Waals surface area contributed by atoms with Crippen LogP contribution in [0.2, 0.25) is 0 Å². The number of benzene rings is 1. The highest BCUT2D eigenvalue weighted by molar-refractivity contribution is 5.98. The lowest BCUT2D eigenvalue weighted by molar-refractivity contribution is -0.122. The standard InChI is InChI=1S/C16H21N3O2/c1-10-16(20)18-14-8-12(2-3-15(14)21-10)17-13-5-7-19-6-4-11(13)9-19/h2-3,8,10-11,13,17H,4-7,9H2,1H3,(H,18,20). The summed E-state index contributed by atoms with van der Waals surface area (Å²) in [4.78, 5) is 14.2. The Morgan fingerprint density at radius 3 is 3.10 bits per heavy atom. The Balaban J connectivity index is 1.51. The van der Waals surface area contributed by atoms with E-state index in [-0.39, 0.29) is 5.91 Å². The van der Waals surface area contributed by atoms with Crippen LogP contribution in [0.25, 0.3) is 0 Å². The third kappa shape index (κ3) is 2.35. The molecule has 4 unspecified atom stereocenters. The van der Waals surface area contributed by atoms with Crippen molar-refractivity contribution in [3.8, 4) is 5.75 Å². The molecule has 0 aliphatic carbocycles. The maximum atomic E-state index is 11.7. The van der Waals surface area contributed by atoms with Gasteiger partial charge in [-0.15, -0.1) is 0 Å². The molecule has 2 saturated heterocycles. The van der Waals surface area contributed by atoms with Gasteiger partial charge in [0, 0.05) is 24.8 Å². The van der Waals surface area contributed by atoms with Crippen LogP contribution < -0.4 is 15.4 Å². The van der Waals surface area contributed by atoms with Crippen LogP contribution in [-0.4, -0.2) is 42.6 Å². The van der Waals surface area contributed by atoms with Crippen molar-refractivity contribution < 1.29 is 9.53 Å². The summed E-state index contributed by atoms with van der Waals surface area (Å²) in [6, 6.07) is 6.52. The average Bonchev–Trinajstić information content (AvgIpc) is 2.86. The molecule has 4 rings (SSSR count). The topological polar surface area (TPSA) is 53.6 Å². The lowest BCUT2D eigenvalue weighted by atomic mass is 9.94. The monoisotopic (exact) mass is 287 g/mol. The van der Waals surface area contributed by atoms with Crippen LogP contribution in [-0.2, 0) is 4.79 Å². The first-order valence-electron chi connectivity index (χ1n) is 7.79. The Hall–Kier alpha value is -1.75. The van der Waals surface area contributed by atoms with Crippen LogP contribution in [0.1, 0.15) is 19.8 Å². The van der Waals surface area contributed by atoms with Crippen LogP contribution in [0.3, 0.4) is 0 Å². The van der Waals surface area contributed by atoms with E-state index in [2.05, 4.69) is 15.5 Å². The molecule has 5 heteroatoms. The Labute approximate surface area is 124 Å². The molecule has 1 aromatic rings. The summed E-state index contributed by atoms with van der Waals surface area (Å²) in [6.07, 6.45) is 2.07. The van der Waals surface area contributed by atoms with Gasteiger partial charge in [-0.1, -0.05) is 0 Å². The van der Waals surface area contributed by atoms with Crippen LogP contribution in [0.5, 0.6) is 5.75 Å². The first-order chi connectivity index (χ1) is 10.2. The molecule has 21 heavy (non-hydrogen) atoms. The number of anilines is 2. The maximum Gasteiger partial charge on any atom is 0.265 e. The largest absolute Gasteiger partial charge is 0.479 e. The highest BCUT2D eigenvalue weighted by atomic mass is 16.5. The molecule has 2 bridgehead atoms. The zero-order valence-electron chi connectivity index (χ0n) is 12.3. The Kier molecular flexibility index (Phi) is 3.03. The molecule has 3 aliphatic heterocycles. The van der Waals surface area contributed by atoms with Gasteiger partial charge in [0.2, 0.25) is 0 Å². The number of hydrogen-bond donors (Lipinski definition) is 2. The van der Waals surface area contributed by atoms with E-state index >= 15 is 0 Å². The highest BCUT2D eigenvalue weighted by Gasteiger charge is 2.34. The van der Waals surface area contributed by atoms with Gasteiger partial charge in [-0.2, -0.15) is 0 Å². The Morgan fingerprint density at radius 1 is 1.33 bits per heavy atom. The van der Waals surface area contributed by atoms with Crippen LogP contribution in [0.15, 0.2) is 18.2 Å². The SMILES string of the molecule is CC1Oc2ccc(NC3CCN4CCC3C4)cc2NC1=O. The van der Waals surface area contributed by atoms with Crippen molar-refractivity contribution in [3.05, 3.63) is 18.2 Å². The highest BCUT2D eigenvalue weighted by Crippen LogP contribution is 2.34. The number of nitrogens with one attached hydrogen (secondary N) is 2. The van der Waals surface area contributed by atoms with Crippen molar-refractivity contribution in [2.45, 2.75) is 31.9 Å². The fourth-order valence-corrected chi connectivity index (χ4v) is 3.65. The molecule has 2 N–H and O–H groups in total. The third-order valence-corrected chi connectivity index (χ3v) is 4.90. The molecule has 3 heterocycles. The van der Waals surface area contributed by atoms with E-state index in [0.717, 1.165) is 23.0 Å². The number of amides is 1. The minimum absolute atomic E-state index is 0.0799. The lowest BCUT2D eigenvalue weighted by Gasteiger charge is -2.32. The second-order valence-electron chi connectivity index (χ2n) is 6.35. The lowest BCUT2D eigenvalue weighted by Crippen LogP contribution is -2.39. The minimum atomic E-state index is -0.417. The molecule has 4 atom stereocenters. The molecule has 5 nitrogen and oxygen atoms in total. The number of fused-ring (bicyclic) bond motifs is 3. The average molecular weight is 287 g/mol. The first kappa shape index (κ1) is 13.0. The second kappa shape index (κ2) is 4.91. The number of carbonyl (C=O) groups excluding carboxylic acids is 1. The van der Waals surface area contributed by atoms with Gasteiger partial charge in [0.05, 0.1) is 5.69 Å². The first-order valence-corrected chi connectivity index (χ1v) is 7.79. The quantitative estimate of drug-likeness (QED) is 0.872. The third-order valence-electron chi connectivity index (χ3n) is 4.90. The molecule has 0 spiro atoms. The number of rotatable bonds is 2.